The van der Waals surface area contributed by atoms with Crippen molar-refractivity contribution in [1.82, 2.24) is 0 Å². The van der Waals surface area contributed by atoms with Gasteiger partial charge >= 0.3 is 0 Å². The first kappa shape index (κ1) is 11.9. The highest BCUT2D eigenvalue weighted by molar-refractivity contribution is 5.80. The van der Waals surface area contributed by atoms with Gasteiger partial charge in [-0.2, -0.15) is 0 Å². The third-order valence-electron chi connectivity index (χ3n) is 2.49. The van der Waals surface area contributed by atoms with Crippen molar-refractivity contribution in [3.05, 3.63) is 35.9 Å². The van der Waals surface area contributed by atoms with Crippen molar-refractivity contribution in [3.8, 4) is 0 Å². The van der Waals surface area contributed by atoms with Crippen LogP contribution in [0.4, 0.5) is 0 Å². The predicted molar refractivity (Wildman–Crippen MR) is 60.7 cm³/mol. The Morgan fingerprint density at radius 3 is 2.33 bits per heavy atom. The summed E-state index contributed by atoms with van der Waals surface area (Å²) in [6, 6.07) is 9.85. The predicted octanol–water partition coefficient (Wildman–Crippen LogP) is 2.99. The number of hydrogen-bond donors (Lipinski definition) is 0. The second-order valence-corrected chi connectivity index (χ2v) is 3.96. The minimum Gasteiger partial charge on any atom is -0.376 e. The van der Waals surface area contributed by atoms with Gasteiger partial charge in [-0.25, -0.2) is 0 Å². The van der Waals surface area contributed by atoms with Gasteiger partial charge in [-0.3, -0.25) is 4.79 Å². The highest BCUT2D eigenvalue weighted by atomic mass is 16.5. The molecule has 0 radical (unpaired) electrons. The zero-order valence-corrected chi connectivity index (χ0v) is 9.57. The number of ether oxygens (including phenoxy) is 1. The van der Waals surface area contributed by atoms with E-state index in [1.165, 1.54) is 0 Å². The van der Waals surface area contributed by atoms with Gasteiger partial charge in [0.15, 0.2) is 0 Å². The first-order valence-electron chi connectivity index (χ1n) is 5.25. The quantitative estimate of drug-likeness (QED) is 0.740. The molecule has 1 atom stereocenters. The van der Waals surface area contributed by atoms with Gasteiger partial charge in [0.25, 0.3) is 0 Å². The summed E-state index contributed by atoms with van der Waals surface area (Å²) in [5.74, 6) is 0.317. The minimum atomic E-state index is -0.110. The number of ketones is 1. The van der Waals surface area contributed by atoms with Crippen LogP contribution in [0.3, 0.4) is 0 Å². The largest absolute Gasteiger partial charge is 0.376 e. The highest BCUT2D eigenvalue weighted by Gasteiger charge is 2.16. The van der Waals surface area contributed by atoms with E-state index >= 15 is 0 Å². The van der Waals surface area contributed by atoms with E-state index in [1.54, 1.807) is 7.11 Å². The second kappa shape index (κ2) is 5.66. The third-order valence-corrected chi connectivity index (χ3v) is 2.49. The zero-order valence-electron chi connectivity index (χ0n) is 9.57. The molecule has 82 valence electrons. The number of Topliss-reactive ketones (excluding diaryl/α,β-unsaturated/α-hetero) is 1. The maximum absolute atomic E-state index is 11.6. The third kappa shape index (κ3) is 3.48. The zero-order chi connectivity index (χ0) is 11.3. The molecule has 0 aromatic heterocycles. The van der Waals surface area contributed by atoms with E-state index < -0.39 is 0 Å². The molecule has 0 spiro atoms. The van der Waals surface area contributed by atoms with E-state index in [9.17, 15) is 4.79 Å². The van der Waals surface area contributed by atoms with Crippen molar-refractivity contribution in [2.24, 2.45) is 5.92 Å². The van der Waals surface area contributed by atoms with Gasteiger partial charge in [0.1, 0.15) is 5.78 Å². The number of rotatable bonds is 5. The molecule has 1 aromatic rings. The lowest BCUT2D eigenvalue weighted by atomic mass is 9.98. The summed E-state index contributed by atoms with van der Waals surface area (Å²) in [7, 11) is 1.64. The van der Waals surface area contributed by atoms with Gasteiger partial charge in [-0.15, -0.1) is 0 Å². The van der Waals surface area contributed by atoms with E-state index in [4.69, 9.17) is 4.74 Å². The Hall–Kier alpha value is -1.15. The van der Waals surface area contributed by atoms with E-state index in [1.807, 2.05) is 44.2 Å². The molecule has 2 nitrogen and oxygen atoms in total. The maximum Gasteiger partial charge on any atom is 0.138 e. The van der Waals surface area contributed by atoms with E-state index in [0.717, 1.165) is 5.56 Å². The average Bonchev–Trinajstić information content (AvgIpc) is 2.26. The van der Waals surface area contributed by atoms with Crippen molar-refractivity contribution in [1.29, 1.82) is 0 Å². The topological polar surface area (TPSA) is 26.3 Å². The molecule has 0 aliphatic rings. The van der Waals surface area contributed by atoms with Gasteiger partial charge < -0.3 is 4.74 Å². The van der Waals surface area contributed by atoms with Crippen LogP contribution in [0, 0.1) is 5.92 Å². The smallest absolute Gasteiger partial charge is 0.138 e. The van der Waals surface area contributed by atoms with Gasteiger partial charge in [0.2, 0.25) is 0 Å². The average molecular weight is 206 g/mol. The number of hydrogen-bond acceptors (Lipinski definition) is 2. The van der Waals surface area contributed by atoms with Crippen molar-refractivity contribution >= 4 is 5.78 Å². The van der Waals surface area contributed by atoms with Gasteiger partial charge in [0, 0.05) is 19.4 Å². The molecule has 0 saturated carbocycles. The summed E-state index contributed by atoms with van der Waals surface area (Å²) in [6.07, 6.45) is 0.346. The molecular weight excluding hydrogens is 188 g/mol. The van der Waals surface area contributed by atoms with Crippen LogP contribution in [0.1, 0.15) is 31.9 Å². The van der Waals surface area contributed by atoms with Crippen molar-refractivity contribution in [2.75, 3.05) is 7.11 Å². The maximum atomic E-state index is 11.6. The van der Waals surface area contributed by atoms with E-state index in [2.05, 4.69) is 0 Å². The molecule has 2 heteroatoms. The molecule has 0 fully saturated rings. The molecule has 0 heterocycles. The molecule has 15 heavy (non-hydrogen) atoms. The van der Waals surface area contributed by atoms with Crippen LogP contribution in [-0.4, -0.2) is 12.9 Å². The van der Waals surface area contributed by atoms with Crippen LogP contribution in [0.5, 0.6) is 0 Å². The lowest BCUT2D eigenvalue weighted by molar-refractivity contribution is -0.124. The summed E-state index contributed by atoms with van der Waals surface area (Å²) in [5, 5.41) is 0. The Bertz CT molecular complexity index is 304. The Labute approximate surface area is 91.3 Å². The standard InChI is InChI=1S/C13H18O2/c1-10(2)12(14)9-13(15-3)11-7-5-4-6-8-11/h4-8,10,13H,9H2,1-3H3. The number of benzene rings is 1. The number of methoxy groups -OCH3 is 1. The molecule has 0 saturated heterocycles. The highest BCUT2D eigenvalue weighted by Crippen LogP contribution is 2.21. The van der Waals surface area contributed by atoms with Crippen LogP contribution in [0.25, 0.3) is 0 Å². The Morgan fingerprint density at radius 1 is 1.27 bits per heavy atom. The summed E-state index contributed by atoms with van der Waals surface area (Å²) >= 11 is 0. The van der Waals surface area contributed by atoms with E-state index in [-0.39, 0.29) is 17.8 Å². The molecule has 1 unspecified atom stereocenters. The van der Waals surface area contributed by atoms with Crippen molar-refractivity contribution in [3.63, 3.8) is 0 Å². The molecular formula is C13H18O2. The van der Waals surface area contributed by atoms with Crippen LogP contribution in [-0.2, 0) is 9.53 Å². The molecule has 0 bridgehead atoms. The van der Waals surface area contributed by atoms with Crippen molar-refractivity contribution < 1.29 is 9.53 Å². The van der Waals surface area contributed by atoms with Crippen molar-refractivity contribution in [2.45, 2.75) is 26.4 Å². The monoisotopic (exact) mass is 206 g/mol. The molecule has 0 amide bonds. The first-order valence-corrected chi connectivity index (χ1v) is 5.25. The van der Waals surface area contributed by atoms with Gasteiger partial charge in [-0.05, 0) is 5.56 Å². The molecule has 1 rings (SSSR count). The fraction of sp³-hybridized carbons (Fsp3) is 0.462. The summed E-state index contributed by atoms with van der Waals surface area (Å²) in [6.45, 7) is 3.83. The first-order chi connectivity index (χ1) is 7.15. The molecule has 1 aromatic carbocycles. The Kier molecular flexibility index (Phi) is 4.50. The minimum absolute atomic E-state index is 0.0753. The lowest BCUT2D eigenvalue weighted by Crippen LogP contribution is -2.13. The van der Waals surface area contributed by atoms with Crippen LogP contribution in [0.15, 0.2) is 30.3 Å². The molecule has 0 aliphatic heterocycles. The van der Waals surface area contributed by atoms with E-state index in [0.29, 0.717) is 6.42 Å². The molecule has 0 N–H and O–H groups in total. The Balaban J connectivity index is 2.69. The summed E-state index contributed by atoms with van der Waals surface area (Å²) < 4.78 is 5.34. The van der Waals surface area contributed by atoms with Gasteiger partial charge in [0.05, 0.1) is 6.10 Å². The fourth-order valence-electron chi connectivity index (χ4n) is 1.42. The fourth-order valence-corrected chi connectivity index (χ4v) is 1.42. The number of carbonyl (C=O) groups excluding carboxylic acids is 1. The number of carbonyl (C=O) groups is 1. The summed E-state index contributed by atoms with van der Waals surface area (Å²) in [4.78, 5) is 11.6. The van der Waals surface area contributed by atoms with Crippen LogP contribution in [0.2, 0.25) is 0 Å². The lowest BCUT2D eigenvalue weighted by Gasteiger charge is -2.15. The Morgan fingerprint density at radius 2 is 1.87 bits per heavy atom. The SMILES string of the molecule is COC(CC(=O)C(C)C)c1ccccc1. The summed E-state index contributed by atoms with van der Waals surface area (Å²) in [5.41, 5.74) is 1.06. The second-order valence-electron chi connectivity index (χ2n) is 3.96. The molecule has 0 aliphatic carbocycles. The van der Waals surface area contributed by atoms with Crippen LogP contribution >= 0.6 is 0 Å². The van der Waals surface area contributed by atoms with Gasteiger partial charge in [-0.1, -0.05) is 44.2 Å². The normalized spacial score (nSPS) is 12.8. The van der Waals surface area contributed by atoms with Crippen LogP contribution < -0.4 is 0 Å².